The van der Waals surface area contributed by atoms with Crippen molar-refractivity contribution in [3.63, 3.8) is 0 Å². The lowest BCUT2D eigenvalue weighted by molar-refractivity contribution is -0.129. The fourth-order valence-electron chi connectivity index (χ4n) is 3.47. The van der Waals surface area contributed by atoms with Crippen molar-refractivity contribution in [3.05, 3.63) is 47.0 Å². The van der Waals surface area contributed by atoms with E-state index in [9.17, 15) is 9.59 Å². The first-order valence-corrected chi connectivity index (χ1v) is 7.52. The van der Waals surface area contributed by atoms with Gasteiger partial charge < -0.3 is 10.6 Å². The summed E-state index contributed by atoms with van der Waals surface area (Å²) in [6.07, 6.45) is 4.23. The van der Waals surface area contributed by atoms with Crippen molar-refractivity contribution in [2.45, 2.75) is 44.7 Å². The second-order valence-corrected chi connectivity index (χ2v) is 5.83. The van der Waals surface area contributed by atoms with Crippen LogP contribution in [0.5, 0.6) is 0 Å². The van der Waals surface area contributed by atoms with Crippen LogP contribution in [0.4, 0.5) is 0 Å². The molecule has 1 atom stereocenters. The van der Waals surface area contributed by atoms with Gasteiger partial charge in [-0.25, -0.2) is 0 Å². The molecule has 2 aliphatic rings. The summed E-state index contributed by atoms with van der Waals surface area (Å²) in [5.74, 6) is -0.420. The molecular weight excluding hydrogens is 264 g/mol. The summed E-state index contributed by atoms with van der Waals surface area (Å²) in [5.41, 5.74) is 8.24. The van der Waals surface area contributed by atoms with Crippen LogP contribution in [-0.4, -0.2) is 22.8 Å². The van der Waals surface area contributed by atoms with Gasteiger partial charge in [0.1, 0.15) is 0 Å². The Hall–Kier alpha value is -2.10. The van der Waals surface area contributed by atoms with Crippen molar-refractivity contribution >= 4 is 11.8 Å². The fraction of sp³-hybridized carbons (Fsp3) is 0.412. The van der Waals surface area contributed by atoms with E-state index in [2.05, 4.69) is 0 Å². The van der Waals surface area contributed by atoms with E-state index < -0.39 is 5.91 Å². The van der Waals surface area contributed by atoms with Crippen molar-refractivity contribution in [2.75, 3.05) is 0 Å². The topological polar surface area (TPSA) is 63.4 Å². The van der Waals surface area contributed by atoms with Crippen LogP contribution in [0.25, 0.3) is 0 Å². The molecule has 21 heavy (non-hydrogen) atoms. The van der Waals surface area contributed by atoms with Gasteiger partial charge in [0.15, 0.2) is 0 Å². The van der Waals surface area contributed by atoms with Gasteiger partial charge in [-0.2, -0.15) is 0 Å². The standard InChI is InChI=1S/C17H20N2O2/c18-16(20)10-14-13-8-4-5-9-15(13)19(17(14)21)11-12-6-2-1-3-7-12/h1-3,6-7,15H,4-5,8-11H2,(H2,18,20). The molecule has 0 radical (unpaired) electrons. The molecule has 0 spiro atoms. The van der Waals surface area contributed by atoms with Gasteiger partial charge in [0.2, 0.25) is 5.91 Å². The number of hydrogen-bond acceptors (Lipinski definition) is 2. The number of amides is 2. The average molecular weight is 284 g/mol. The van der Waals surface area contributed by atoms with Gasteiger partial charge >= 0.3 is 0 Å². The second kappa shape index (κ2) is 5.72. The lowest BCUT2D eigenvalue weighted by Gasteiger charge is -2.30. The largest absolute Gasteiger partial charge is 0.369 e. The molecule has 1 aliphatic carbocycles. The summed E-state index contributed by atoms with van der Waals surface area (Å²) in [6.45, 7) is 0.607. The third-order valence-corrected chi connectivity index (χ3v) is 4.41. The van der Waals surface area contributed by atoms with E-state index in [0.717, 1.165) is 36.8 Å². The molecule has 3 rings (SSSR count). The highest BCUT2D eigenvalue weighted by Gasteiger charge is 2.39. The second-order valence-electron chi connectivity index (χ2n) is 5.83. The van der Waals surface area contributed by atoms with Crippen LogP contribution >= 0.6 is 0 Å². The summed E-state index contributed by atoms with van der Waals surface area (Å²) in [4.78, 5) is 25.8. The summed E-state index contributed by atoms with van der Waals surface area (Å²) in [7, 11) is 0. The number of benzene rings is 1. The highest BCUT2D eigenvalue weighted by molar-refractivity contribution is 6.01. The minimum absolute atomic E-state index is 0.000414. The molecule has 1 heterocycles. The number of nitrogens with two attached hydrogens (primary N) is 1. The Balaban J connectivity index is 1.86. The third kappa shape index (κ3) is 2.71. The average Bonchev–Trinajstić information content (AvgIpc) is 2.74. The number of primary amides is 1. The quantitative estimate of drug-likeness (QED) is 0.920. The Morgan fingerprint density at radius 2 is 2.00 bits per heavy atom. The molecule has 4 nitrogen and oxygen atoms in total. The number of carbonyl (C=O) groups excluding carboxylic acids is 2. The summed E-state index contributed by atoms with van der Waals surface area (Å²) in [5, 5.41) is 0. The van der Waals surface area contributed by atoms with Gasteiger partial charge in [0.05, 0.1) is 12.5 Å². The van der Waals surface area contributed by atoms with Crippen molar-refractivity contribution in [1.82, 2.24) is 4.90 Å². The zero-order valence-corrected chi connectivity index (χ0v) is 12.0. The summed E-state index contributed by atoms with van der Waals surface area (Å²) >= 11 is 0. The van der Waals surface area contributed by atoms with E-state index in [4.69, 9.17) is 5.73 Å². The van der Waals surface area contributed by atoms with Crippen LogP contribution < -0.4 is 5.73 Å². The Bertz CT molecular complexity index is 592. The van der Waals surface area contributed by atoms with E-state index in [0.29, 0.717) is 12.1 Å². The van der Waals surface area contributed by atoms with Crippen LogP contribution in [-0.2, 0) is 16.1 Å². The molecule has 2 amide bonds. The summed E-state index contributed by atoms with van der Waals surface area (Å²) < 4.78 is 0. The van der Waals surface area contributed by atoms with Gasteiger partial charge in [-0.1, -0.05) is 36.8 Å². The predicted octanol–water partition coefficient (Wildman–Crippen LogP) is 2.14. The first-order valence-electron chi connectivity index (χ1n) is 7.52. The third-order valence-electron chi connectivity index (χ3n) is 4.41. The monoisotopic (exact) mass is 284 g/mol. The molecule has 1 saturated carbocycles. The van der Waals surface area contributed by atoms with Crippen molar-refractivity contribution in [1.29, 1.82) is 0 Å². The Kier molecular flexibility index (Phi) is 3.78. The smallest absolute Gasteiger partial charge is 0.251 e. The minimum Gasteiger partial charge on any atom is -0.369 e. The van der Waals surface area contributed by atoms with E-state index >= 15 is 0 Å². The maximum atomic E-state index is 12.7. The van der Waals surface area contributed by atoms with Crippen molar-refractivity contribution < 1.29 is 9.59 Å². The van der Waals surface area contributed by atoms with Gasteiger partial charge in [0, 0.05) is 12.1 Å². The van der Waals surface area contributed by atoms with Crippen LogP contribution in [0, 0.1) is 0 Å². The van der Waals surface area contributed by atoms with E-state index in [1.54, 1.807) is 0 Å². The molecule has 1 aliphatic heterocycles. The number of fused-ring (bicyclic) bond motifs is 1. The van der Waals surface area contributed by atoms with Gasteiger partial charge in [0.25, 0.3) is 5.91 Å². The van der Waals surface area contributed by atoms with Crippen LogP contribution in [0.2, 0.25) is 0 Å². The normalized spacial score (nSPS) is 21.6. The molecule has 2 N–H and O–H groups in total. The van der Waals surface area contributed by atoms with Crippen molar-refractivity contribution in [3.8, 4) is 0 Å². The van der Waals surface area contributed by atoms with Crippen molar-refractivity contribution in [2.24, 2.45) is 5.73 Å². The maximum Gasteiger partial charge on any atom is 0.251 e. The molecule has 1 fully saturated rings. The number of nitrogens with zero attached hydrogens (tertiary/aromatic N) is 1. The van der Waals surface area contributed by atoms with E-state index in [-0.39, 0.29) is 18.4 Å². The number of carbonyl (C=O) groups is 2. The molecule has 1 aromatic carbocycles. The zero-order chi connectivity index (χ0) is 14.8. The molecule has 0 aromatic heterocycles. The zero-order valence-electron chi connectivity index (χ0n) is 12.0. The van der Waals surface area contributed by atoms with E-state index in [1.807, 2.05) is 35.2 Å². The first-order chi connectivity index (χ1) is 10.2. The Morgan fingerprint density at radius 1 is 1.24 bits per heavy atom. The number of rotatable bonds is 4. The molecule has 0 bridgehead atoms. The van der Waals surface area contributed by atoms with E-state index in [1.165, 1.54) is 0 Å². The minimum atomic E-state index is -0.420. The lowest BCUT2D eigenvalue weighted by atomic mass is 9.88. The maximum absolute atomic E-state index is 12.7. The highest BCUT2D eigenvalue weighted by Crippen LogP contribution is 2.38. The molecular formula is C17H20N2O2. The lowest BCUT2D eigenvalue weighted by Crippen LogP contribution is -2.36. The Labute approximate surface area is 124 Å². The molecule has 4 heteroatoms. The predicted molar refractivity (Wildman–Crippen MR) is 80.1 cm³/mol. The van der Waals surface area contributed by atoms with Crippen LogP contribution in [0.15, 0.2) is 41.5 Å². The SMILES string of the molecule is NC(=O)CC1=C2CCCCC2N(Cc2ccccc2)C1=O. The summed E-state index contributed by atoms with van der Waals surface area (Å²) in [6, 6.07) is 10.2. The van der Waals surface area contributed by atoms with Gasteiger partial charge in [-0.3, -0.25) is 9.59 Å². The van der Waals surface area contributed by atoms with Gasteiger partial charge in [-0.15, -0.1) is 0 Å². The fourth-order valence-corrected chi connectivity index (χ4v) is 3.47. The number of hydrogen-bond donors (Lipinski definition) is 1. The Morgan fingerprint density at radius 3 is 2.71 bits per heavy atom. The van der Waals surface area contributed by atoms with Crippen LogP contribution in [0.1, 0.15) is 37.7 Å². The molecule has 1 unspecified atom stereocenters. The molecule has 110 valence electrons. The van der Waals surface area contributed by atoms with Crippen LogP contribution in [0.3, 0.4) is 0 Å². The van der Waals surface area contributed by atoms with Gasteiger partial charge in [-0.05, 0) is 30.4 Å². The molecule has 1 aromatic rings. The molecule has 0 saturated heterocycles. The highest BCUT2D eigenvalue weighted by atomic mass is 16.2. The first kappa shape index (κ1) is 13.9.